The van der Waals surface area contributed by atoms with Crippen LogP contribution in [0.3, 0.4) is 0 Å². The summed E-state index contributed by atoms with van der Waals surface area (Å²) in [6.07, 6.45) is 0. The summed E-state index contributed by atoms with van der Waals surface area (Å²) in [5.74, 6) is -1.90. The van der Waals surface area contributed by atoms with Gasteiger partial charge >= 0.3 is 0 Å². The molecule has 0 bridgehead atoms. The average Bonchev–Trinajstić information content (AvgIpc) is 2.08. The average molecular weight is 179 g/mol. The van der Waals surface area contributed by atoms with Crippen LogP contribution in [0.2, 0.25) is 0 Å². The number of nitrogens with zero attached hydrogens (tertiary/aromatic N) is 1. The highest BCUT2D eigenvalue weighted by atomic mass is 19.1. The second-order valence-electron chi connectivity index (χ2n) is 2.52. The number of phenols is 1. The Balaban J connectivity index is 3.44. The molecule has 0 aliphatic rings. The maximum absolute atomic E-state index is 12.7. The lowest BCUT2D eigenvalue weighted by atomic mass is 10.0. The Kier molecular flexibility index (Phi) is 2.29. The Morgan fingerprint density at radius 2 is 2.23 bits per heavy atom. The molecule has 0 atom stereocenters. The summed E-state index contributed by atoms with van der Waals surface area (Å²) in [7, 11) is 0. The van der Waals surface area contributed by atoms with Gasteiger partial charge in [0.25, 0.3) is 0 Å². The van der Waals surface area contributed by atoms with E-state index in [1.165, 1.54) is 6.92 Å². The van der Waals surface area contributed by atoms with Crippen molar-refractivity contribution in [2.75, 3.05) is 0 Å². The quantitative estimate of drug-likeness (QED) is 0.666. The Hall–Kier alpha value is -1.89. The zero-order valence-electron chi connectivity index (χ0n) is 6.84. The molecule has 0 aliphatic heterocycles. The molecule has 0 heterocycles. The predicted octanol–water partition coefficient (Wildman–Crippen LogP) is 1.61. The number of hydrogen-bond donors (Lipinski definition) is 1. The van der Waals surface area contributed by atoms with Crippen molar-refractivity contribution in [2.24, 2.45) is 0 Å². The monoisotopic (exact) mass is 179 g/mol. The van der Waals surface area contributed by atoms with Crippen LogP contribution in [0.25, 0.3) is 0 Å². The van der Waals surface area contributed by atoms with Crippen molar-refractivity contribution < 1.29 is 14.3 Å². The molecule has 0 spiro atoms. The van der Waals surface area contributed by atoms with Crippen molar-refractivity contribution in [1.82, 2.24) is 0 Å². The van der Waals surface area contributed by atoms with Crippen LogP contribution in [0.4, 0.5) is 4.39 Å². The third kappa shape index (κ3) is 1.64. The van der Waals surface area contributed by atoms with Crippen LogP contribution < -0.4 is 0 Å². The van der Waals surface area contributed by atoms with Gasteiger partial charge in [0.15, 0.2) is 17.3 Å². The fourth-order valence-electron chi connectivity index (χ4n) is 0.946. The highest BCUT2D eigenvalue weighted by Gasteiger charge is 2.11. The summed E-state index contributed by atoms with van der Waals surface area (Å²) >= 11 is 0. The molecule has 1 aromatic carbocycles. The lowest BCUT2D eigenvalue weighted by Gasteiger charge is -2.00. The lowest BCUT2D eigenvalue weighted by molar-refractivity contribution is 0.101. The van der Waals surface area contributed by atoms with Crippen LogP contribution in [0.1, 0.15) is 22.8 Å². The number of aromatic hydroxyl groups is 1. The van der Waals surface area contributed by atoms with E-state index in [9.17, 15) is 9.18 Å². The molecular weight excluding hydrogens is 173 g/mol. The van der Waals surface area contributed by atoms with Gasteiger partial charge in [-0.15, -0.1) is 0 Å². The van der Waals surface area contributed by atoms with E-state index in [1.54, 1.807) is 6.07 Å². The molecule has 4 heteroatoms. The Morgan fingerprint density at radius 1 is 1.62 bits per heavy atom. The molecule has 3 nitrogen and oxygen atoms in total. The van der Waals surface area contributed by atoms with Crippen molar-refractivity contribution in [3.8, 4) is 11.8 Å². The zero-order valence-corrected chi connectivity index (χ0v) is 6.84. The van der Waals surface area contributed by atoms with Gasteiger partial charge in [0.2, 0.25) is 0 Å². The first kappa shape index (κ1) is 9.20. The second kappa shape index (κ2) is 3.23. The van der Waals surface area contributed by atoms with Crippen LogP contribution in [0, 0.1) is 17.1 Å². The van der Waals surface area contributed by atoms with Crippen molar-refractivity contribution in [3.05, 3.63) is 29.1 Å². The van der Waals surface area contributed by atoms with Crippen LogP contribution in [-0.2, 0) is 0 Å². The number of Topliss-reactive ketones (excluding diaryl/α,β-unsaturated/α-hetero) is 1. The Labute approximate surface area is 74.0 Å². The summed E-state index contributed by atoms with van der Waals surface area (Å²) in [6, 6.07) is 3.47. The molecule has 0 saturated heterocycles. The topological polar surface area (TPSA) is 61.1 Å². The predicted molar refractivity (Wildman–Crippen MR) is 42.8 cm³/mol. The molecular formula is C9H6FNO2. The third-order valence-electron chi connectivity index (χ3n) is 1.59. The number of carbonyl (C=O) groups is 1. The van der Waals surface area contributed by atoms with E-state index in [0.29, 0.717) is 0 Å². The van der Waals surface area contributed by atoms with E-state index in [0.717, 1.165) is 12.1 Å². The lowest BCUT2D eigenvalue weighted by Crippen LogP contribution is -1.97. The number of phenolic OH excluding ortho intramolecular Hbond substituents is 1. The summed E-state index contributed by atoms with van der Waals surface area (Å²) in [6.45, 7) is 1.24. The standard InChI is InChI=1S/C9H6FNO2/c1-5(12)7-3-9(13)8(10)2-6(7)4-11/h2-3,13H,1H3. The minimum Gasteiger partial charge on any atom is -0.505 e. The smallest absolute Gasteiger partial charge is 0.166 e. The number of carbonyl (C=O) groups excluding carboxylic acids is 1. The zero-order chi connectivity index (χ0) is 10.0. The molecule has 0 aliphatic carbocycles. The van der Waals surface area contributed by atoms with Gasteiger partial charge in [-0.25, -0.2) is 4.39 Å². The van der Waals surface area contributed by atoms with Gasteiger partial charge in [-0.1, -0.05) is 0 Å². The molecule has 1 aromatic rings. The fraction of sp³-hybridized carbons (Fsp3) is 0.111. The van der Waals surface area contributed by atoms with E-state index in [1.807, 2.05) is 0 Å². The minimum atomic E-state index is -0.901. The highest BCUT2D eigenvalue weighted by molar-refractivity contribution is 5.96. The first-order valence-corrected chi connectivity index (χ1v) is 3.50. The maximum Gasteiger partial charge on any atom is 0.166 e. The molecule has 0 radical (unpaired) electrons. The second-order valence-corrected chi connectivity index (χ2v) is 2.52. The maximum atomic E-state index is 12.7. The normalized spacial score (nSPS) is 9.31. The van der Waals surface area contributed by atoms with Gasteiger partial charge in [0.1, 0.15) is 0 Å². The summed E-state index contributed by atoms with van der Waals surface area (Å²) in [5, 5.41) is 17.5. The van der Waals surface area contributed by atoms with Gasteiger partial charge < -0.3 is 5.11 Å². The van der Waals surface area contributed by atoms with Crippen molar-refractivity contribution in [2.45, 2.75) is 6.92 Å². The molecule has 0 saturated carbocycles. The van der Waals surface area contributed by atoms with E-state index in [4.69, 9.17) is 10.4 Å². The number of rotatable bonds is 1. The van der Waals surface area contributed by atoms with E-state index in [-0.39, 0.29) is 16.9 Å². The summed E-state index contributed by atoms with van der Waals surface area (Å²) in [5.41, 5.74) is -0.0378. The molecule has 0 unspecified atom stereocenters. The van der Waals surface area contributed by atoms with E-state index < -0.39 is 11.6 Å². The van der Waals surface area contributed by atoms with Crippen molar-refractivity contribution in [3.63, 3.8) is 0 Å². The van der Waals surface area contributed by atoms with Gasteiger partial charge in [-0.2, -0.15) is 5.26 Å². The Bertz CT molecular complexity index is 407. The number of halogens is 1. The van der Waals surface area contributed by atoms with E-state index >= 15 is 0 Å². The van der Waals surface area contributed by atoms with Gasteiger partial charge in [-0.05, 0) is 19.1 Å². The third-order valence-corrected chi connectivity index (χ3v) is 1.59. The molecule has 0 aromatic heterocycles. The SMILES string of the molecule is CC(=O)c1cc(O)c(F)cc1C#N. The largest absolute Gasteiger partial charge is 0.505 e. The highest BCUT2D eigenvalue weighted by Crippen LogP contribution is 2.20. The first-order valence-electron chi connectivity index (χ1n) is 3.50. The Morgan fingerprint density at radius 3 is 2.69 bits per heavy atom. The number of ketones is 1. The fourth-order valence-corrected chi connectivity index (χ4v) is 0.946. The minimum absolute atomic E-state index is 0.0291. The molecule has 0 amide bonds. The molecule has 13 heavy (non-hydrogen) atoms. The van der Waals surface area contributed by atoms with Crippen molar-refractivity contribution in [1.29, 1.82) is 5.26 Å². The number of hydrogen-bond acceptors (Lipinski definition) is 3. The van der Waals surface area contributed by atoms with Crippen LogP contribution >= 0.6 is 0 Å². The molecule has 0 fully saturated rings. The van der Waals surface area contributed by atoms with Gasteiger partial charge in [0.05, 0.1) is 11.6 Å². The van der Waals surface area contributed by atoms with E-state index in [2.05, 4.69) is 0 Å². The van der Waals surface area contributed by atoms with Crippen LogP contribution in [-0.4, -0.2) is 10.9 Å². The summed E-state index contributed by atoms with van der Waals surface area (Å²) < 4.78 is 12.7. The summed E-state index contributed by atoms with van der Waals surface area (Å²) in [4.78, 5) is 10.9. The first-order chi connectivity index (χ1) is 6.06. The van der Waals surface area contributed by atoms with Crippen LogP contribution in [0.15, 0.2) is 12.1 Å². The number of nitriles is 1. The number of benzene rings is 1. The van der Waals surface area contributed by atoms with Crippen LogP contribution in [0.5, 0.6) is 5.75 Å². The molecule has 1 N–H and O–H groups in total. The molecule has 66 valence electrons. The van der Waals surface area contributed by atoms with Gasteiger partial charge in [0, 0.05) is 5.56 Å². The van der Waals surface area contributed by atoms with Gasteiger partial charge in [-0.3, -0.25) is 4.79 Å². The van der Waals surface area contributed by atoms with Crippen molar-refractivity contribution >= 4 is 5.78 Å². The molecule has 1 rings (SSSR count).